The monoisotopic (exact) mass is 205 g/mol. The van der Waals surface area contributed by atoms with Gasteiger partial charge in [0.15, 0.2) is 0 Å². The van der Waals surface area contributed by atoms with Crippen LogP contribution in [0.15, 0.2) is 36.1 Å². The molecule has 2 nitrogen and oxygen atoms in total. The Morgan fingerprint density at radius 2 is 2.07 bits per heavy atom. The highest BCUT2D eigenvalue weighted by atomic mass is 16.5. The fourth-order valence-electron chi connectivity index (χ4n) is 1.94. The summed E-state index contributed by atoms with van der Waals surface area (Å²) in [7, 11) is 0. The number of hydrogen-bond acceptors (Lipinski definition) is 2. The summed E-state index contributed by atoms with van der Waals surface area (Å²) < 4.78 is 5.98. The highest BCUT2D eigenvalue weighted by Gasteiger charge is 2.15. The van der Waals surface area contributed by atoms with E-state index in [1.54, 1.807) is 0 Å². The van der Waals surface area contributed by atoms with Gasteiger partial charge in [-0.1, -0.05) is 25.2 Å². The molecule has 0 saturated carbocycles. The van der Waals surface area contributed by atoms with Crippen molar-refractivity contribution in [2.24, 2.45) is 5.92 Å². The molecule has 1 N–H and O–H groups in total. The van der Waals surface area contributed by atoms with Gasteiger partial charge in [-0.05, 0) is 44.0 Å². The predicted molar refractivity (Wildman–Crippen MR) is 62.5 cm³/mol. The van der Waals surface area contributed by atoms with Crippen molar-refractivity contribution in [2.45, 2.75) is 25.9 Å². The second-order valence-electron chi connectivity index (χ2n) is 4.24. The molecule has 15 heavy (non-hydrogen) atoms. The summed E-state index contributed by atoms with van der Waals surface area (Å²) in [6.07, 6.45) is 13.2. The molecule has 2 aliphatic rings. The average molecular weight is 205 g/mol. The zero-order valence-corrected chi connectivity index (χ0v) is 9.28. The van der Waals surface area contributed by atoms with Crippen LogP contribution in [0.5, 0.6) is 0 Å². The zero-order chi connectivity index (χ0) is 10.5. The zero-order valence-electron chi connectivity index (χ0n) is 9.28. The first-order valence-corrected chi connectivity index (χ1v) is 5.78. The molecule has 0 spiro atoms. The van der Waals surface area contributed by atoms with E-state index in [1.807, 2.05) is 0 Å². The van der Waals surface area contributed by atoms with Crippen LogP contribution < -0.4 is 5.32 Å². The predicted octanol–water partition coefficient (Wildman–Crippen LogP) is 2.40. The lowest BCUT2D eigenvalue weighted by atomic mass is 10.1. The van der Waals surface area contributed by atoms with Crippen molar-refractivity contribution in [3.63, 3.8) is 0 Å². The van der Waals surface area contributed by atoms with Gasteiger partial charge in [0.05, 0.1) is 0 Å². The molecule has 0 bridgehead atoms. The molecule has 1 aliphatic heterocycles. The smallest absolute Gasteiger partial charge is 0.116 e. The number of hydrogen-bond donors (Lipinski definition) is 1. The molecule has 1 fully saturated rings. The first-order chi connectivity index (χ1) is 7.34. The van der Waals surface area contributed by atoms with Crippen LogP contribution in [0, 0.1) is 5.92 Å². The molecule has 0 aromatic rings. The van der Waals surface area contributed by atoms with E-state index >= 15 is 0 Å². The Bertz CT molecular complexity index is 285. The summed E-state index contributed by atoms with van der Waals surface area (Å²) >= 11 is 0. The van der Waals surface area contributed by atoms with E-state index in [0.29, 0.717) is 12.0 Å². The van der Waals surface area contributed by atoms with Crippen molar-refractivity contribution >= 4 is 0 Å². The van der Waals surface area contributed by atoms with Crippen LogP contribution in [0.3, 0.4) is 0 Å². The fourth-order valence-corrected chi connectivity index (χ4v) is 1.94. The van der Waals surface area contributed by atoms with E-state index in [9.17, 15) is 0 Å². The Morgan fingerprint density at radius 3 is 2.87 bits per heavy atom. The highest BCUT2D eigenvalue weighted by Crippen LogP contribution is 2.17. The molecule has 1 saturated heterocycles. The summed E-state index contributed by atoms with van der Waals surface area (Å²) in [5.74, 6) is 1.50. The summed E-state index contributed by atoms with van der Waals surface area (Å²) in [5.41, 5.74) is 0. The lowest BCUT2D eigenvalue weighted by Crippen LogP contribution is -2.32. The lowest BCUT2D eigenvalue weighted by molar-refractivity contribution is 0.0951. The van der Waals surface area contributed by atoms with Gasteiger partial charge in [0.2, 0.25) is 0 Å². The molecule has 1 unspecified atom stereocenters. The van der Waals surface area contributed by atoms with Crippen LogP contribution in [-0.4, -0.2) is 19.2 Å². The summed E-state index contributed by atoms with van der Waals surface area (Å²) in [6, 6.07) is 0. The minimum atomic E-state index is 0.396. The second-order valence-corrected chi connectivity index (χ2v) is 4.24. The second kappa shape index (κ2) is 5.17. The van der Waals surface area contributed by atoms with Gasteiger partial charge in [-0.2, -0.15) is 0 Å². The Balaban J connectivity index is 1.92. The Morgan fingerprint density at radius 1 is 1.27 bits per heavy atom. The lowest BCUT2D eigenvalue weighted by Gasteiger charge is -2.24. The van der Waals surface area contributed by atoms with Crippen molar-refractivity contribution in [3.8, 4) is 0 Å². The highest BCUT2D eigenvalue weighted by molar-refractivity contribution is 5.24. The molecule has 1 atom stereocenters. The van der Waals surface area contributed by atoms with Crippen molar-refractivity contribution in [1.29, 1.82) is 0 Å². The number of nitrogens with one attached hydrogen (secondary N) is 1. The maximum Gasteiger partial charge on any atom is 0.116 e. The molecule has 2 rings (SSSR count). The van der Waals surface area contributed by atoms with Crippen molar-refractivity contribution in [3.05, 3.63) is 36.1 Å². The topological polar surface area (TPSA) is 21.3 Å². The van der Waals surface area contributed by atoms with Gasteiger partial charge in [0.1, 0.15) is 11.9 Å². The van der Waals surface area contributed by atoms with Crippen LogP contribution >= 0.6 is 0 Å². The van der Waals surface area contributed by atoms with Gasteiger partial charge in [0.25, 0.3) is 0 Å². The summed E-state index contributed by atoms with van der Waals surface area (Å²) in [5, 5.41) is 3.34. The molecule has 2 heteroatoms. The first-order valence-electron chi connectivity index (χ1n) is 5.78. The molecular formula is C13H19NO. The molecule has 0 amide bonds. The summed E-state index contributed by atoms with van der Waals surface area (Å²) in [6.45, 7) is 4.33. The SMILES string of the molecule is CC1C=CC=CC(OC2CCNCC2)=C1. The molecule has 0 radical (unpaired) electrons. The van der Waals surface area contributed by atoms with Gasteiger partial charge in [-0.3, -0.25) is 0 Å². The first kappa shape index (κ1) is 10.5. The third kappa shape index (κ3) is 3.24. The van der Waals surface area contributed by atoms with Crippen LogP contribution in [-0.2, 0) is 4.74 Å². The molecule has 1 aliphatic carbocycles. The summed E-state index contributed by atoms with van der Waals surface area (Å²) in [4.78, 5) is 0. The quantitative estimate of drug-likeness (QED) is 0.747. The minimum Gasteiger partial charge on any atom is -0.491 e. The largest absolute Gasteiger partial charge is 0.491 e. The Kier molecular flexibility index (Phi) is 3.62. The standard InChI is InChI=1S/C13H19NO/c1-11-4-2-3-5-13(10-11)15-12-6-8-14-9-7-12/h2-5,10-12,14H,6-9H2,1H3. The molecule has 0 aromatic carbocycles. The maximum absolute atomic E-state index is 5.98. The van der Waals surface area contributed by atoms with Gasteiger partial charge >= 0.3 is 0 Å². The minimum absolute atomic E-state index is 0.396. The maximum atomic E-state index is 5.98. The van der Waals surface area contributed by atoms with E-state index in [-0.39, 0.29) is 0 Å². The van der Waals surface area contributed by atoms with E-state index in [2.05, 4.69) is 42.6 Å². The molecule has 1 heterocycles. The van der Waals surface area contributed by atoms with Gasteiger partial charge in [-0.15, -0.1) is 0 Å². The van der Waals surface area contributed by atoms with E-state index < -0.39 is 0 Å². The van der Waals surface area contributed by atoms with Crippen LogP contribution in [0.1, 0.15) is 19.8 Å². The normalized spacial score (nSPS) is 27.3. The third-order valence-corrected chi connectivity index (χ3v) is 2.80. The fraction of sp³-hybridized carbons (Fsp3) is 0.538. The van der Waals surface area contributed by atoms with Gasteiger partial charge in [0, 0.05) is 0 Å². The van der Waals surface area contributed by atoms with Gasteiger partial charge in [-0.25, -0.2) is 0 Å². The van der Waals surface area contributed by atoms with Crippen molar-refractivity contribution in [1.82, 2.24) is 5.32 Å². The van der Waals surface area contributed by atoms with E-state index in [4.69, 9.17) is 4.74 Å². The van der Waals surface area contributed by atoms with Crippen molar-refractivity contribution < 1.29 is 4.74 Å². The van der Waals surface area contributed by atoms with Crippen molar-refractivity contribution in [2.75, 3.05) is 13.1 Å². The number of rotatable bonds is 2. The van der Waals surface area contributed by atoms with Crippen LogP contribution in [0.25, 0.3) is 0 Å². The molecular weight excluding hydrogens is 186 g/mol. The number of allylic oxidation sites excluding steroid dienone is 5. The van der Waals surface area contributed by atoms with E-state index in [1.165, 1.54) is 0 Å². The Hall–Kier alpha value is -1.02. The third-order valence-electron chi connectivity index (χ3n) is 2.80. The van der Waals surface area contributed by atoms with E-state index in [0.717, 1.165) is 31.7 Å². The number of ether oxygens (including phenoxy) is 1. The van der Waals surface area contributed by atoms with Gasteiger partial charge < -0.3 is 10.1 Å². The molecule has 82 valence electrons. The average Bonchev–Trinajstić information content (AvgIpc) is 2.44. The van der Waals surface area contributed by atoms with Crippen LogP contribution in [0.2, 0.25) is 0 Å². The van der Waals surface area contributed by atoms with Crippen LogP contribution in [0.4, 0.5) is 0 Å². The Labute approximate surface area is 91.7 Å². The number of piperidine rings is 1. The molecule has 0 aromatic heterocycles.